The molecule has 0 fully saturated rings. The van der Waals surface area contributed by atoms with E-state index in [1.165, 1.54) is 25.4 Å². The van der Waals surface area contributed by atoms with Gasteiger partial charge in [-0.1, -0.05) is 24.3 Å². The lowest BCUT2D eigenvalue weighted by Gasteiger charge is -2.09. The van der Waals surface area contributed by atoms with Gasteiger partial charge in [0.1, 0.15) is 17.4 Å². The van der Waals surface area contributed by atoms with E-state index < -0.39 is 11.9 Å². The summed E-state index contributed by atoms with van der Waals surface area (Å²) in [4.78, 5) is 23.0. The maximum absolute atomic E-state index is 12.2. The number of para-hydroxylation sites is 2. The summed E-state index contributed by atoms with van der Waals surface area (Å²) >= 11 is 0. The number of methoxy groups -OCH3 is 1. The number of nitrogens with zero attached hydrogens (tertiary/aromatic N) is 1. The van der Waals surface area contributed by atoms with E-state index in [1.54, 1.807) is 36.4 Å². The topological polar surface area (TPSA) is 111 Å². The van der Waals surface area contributed by atoms with Gasteiger partial charge in [-0.15, -0.1) is 0 Å². The number of carbonyl (C=O) groups excluding carboxylic acids is 1. The largest absolute Gasteiger partial charge is 0.495 e. The van der Waals surface area contributed by atoms with Gasteiger partial charge in [0.05, 0.1) is 18.4 Å². The summed E-state index contributed by atoms with van der Waals surface area (Å²) in [6.07, 6.45) is 1.32. The normalized spacial score (nSPS) is 10.5. The van der Waals surface area contributed by atoms with E-state index >= 15 is 0 Å². The van der Waals surface area contributed by atoms with Crippen LogP contribution in [0.4, 0.5) is 5.69 Å². The van der Waals surface area contributed by atoms with Gasteiger partial charge in [0, 0.05) is 12.7 Å². The summed E-state index contributed by atoms with van der Waals surface area (Å²) in [5.74, 6) is -1.07. The van der Waals surface area contributed by atoms with Crippen molar-refractivity contribution < 1.29 is 19.4 Å². The number of nitrogens with one attached hydrogen (secondary N) is 2. The smallest absolute Gasteiger partial charge is 0.335 e. The third-order valence-electron chi connectivity index (χ3n) is 3.47. The number of rotatable bonds is 7. The van der Waals surface area contributed by atoms with Gasteiger partial charge in [-0.3, -0.25) is 4.79 Å². The molecular formula is C19H17N3O4. The molecule has 132 valence electrons. The number of benzene rings is 2. The van der Waals surface area contributed by atoms with Gasteiger partial charge < -0.3 is 20.5 Å². The molecule has 3 N–H and O–H groups in total. The average molecular weight is 351 g/mol. The maximum atomic E-state index is 12.2. The molecule has 0 spiro atoms. The molecule has 0 unspecified atom stereocenters. The highest BCUT2D eigenvalue weighted by molar-refractivity contribution is 6.07. The number of nitriles is 1. The molecule has 2 aromatic carbocycles. The van der Waals surface area contributed by atoms with Gasteiger partial charge in [-0.2, -0.15) is 5.26 Å². The van der Waals surface area contributed by atoms with Crippen LogP contribution < -0.4 is 15.4 Å². The van der Waals surface area contributed by atoms with Crippen molar-refractivity contribution in [2.45, 2.75) is 6.54 Å². The zero-order valence-corrected chi connectivity index (χ0v) is 14.0. The maximum Gasteiger partial charge on any atom is 0.335 e. The Balaban J connectivity index is 1.99. The Kier molecular flexibility index (Phi) is 6.34. The number of anilines is 1. The number of amides is 1. The summed E-state index contributed by atoms with van der Waals surface area (Å²) in [7, 11) is 1.49. The predicted molar refractivity (Wildman–Crippen MR) is 95.6 cm³/mol. The second-order valence-corrected chi connectivity index (χ2v) is 5.21. The predicted octanol–water partition coefficient (Wildman–Crippen LogP) is 2.53. The van der Waals surface area contributed by atoms with Gasteiger partial charge in [0.2, 0.25) is 0 Å². The fourth-order valence-electron chi connectivity index (χ4n) is 2.12. The molecule has 0 aliphatic rings. The van der Waals surface area contributed by atoms with Crippen LogP contribution in [0.3, 0.4) is 0 Å². The number of hydrogen-bond acceptors (Lipinski definition) is 5. The molecule has 7 nitrogen and oxygen atoms in total. The van der Waals surface area contributed by atoms with Crippen molar-refractivity contribution in [3.05, 3.63) is 71.4 Å². The molecule has 2 aromatic rings. The number of carboxylic acid groups (broad SMARTS) is 1. The number of carbonyl (C=O) groups is 2. The van der Waals surface area contributed by atoms with Gasteiger partial charge in [-0.25, -0.2) is 4.79 Å². The first kappa shape index (κ1) is 18.5. The molecule has 0 radical (unpaired) electrons. The first-order valence-electron chi connectivity index (χ1n) is 7.65. The summed E-state index contributed by atoms with van der Waals surface area (Å²) in [6, 6.07) is 15.0. The molecule has 0 aliphatic heterocycles. The molecule has 0 atom stereocenters. The van der Waals surface area contributed by atoms with Crippen LogP contribution in [0.2, 0.25) is 0 Å². The molecule has 0 heterocycles. The molecule has 26 heavy (non-hydrogen) atoms. The molecule has 2 rings (SSSR count). The SMILES string of the molecule is COc1ccccc1NC(=O)/C(C#N)=C\NCc1ccc(C(=O)O)cc1. The highest BCUT2D eigenvalue weighted by Gasteiger charge is 2.11. The fourth-order valence-corrected chi connectivity index (χ4v) is 2.12. The Bertz CT molecular complexity index is 867. The standard InChI is InChI=1S/C19H17N3O4/c1-26-17-5-3-2-4-16(17)22-18(23)15(10-20)12-21-11-13-6-8-14(9-7-13)19(24)25/h2-9,12,21H,11H2,1H3,(H,22,23)(H,24,25)/b15-12-. The fraction of sp³-hybridized carbons (Fsp3) is 0.105. The highest BCUT2D eigenvalue weighted by atomic mass is 16.5. The van der Waals surface area contributed by atoms with Crippen LogP contribution >= 0.6 is 0 Å². The van der Waals surface area contributed by atoms with Crippen LogP contribution in [0, 0.1) is 11.3 Å². The van der Waals surface area contributed by atoms with Crippen molar-refractivity contribution in [1.29, 1.82) is 5.26 Å². The van der Waals surface area contributed by atoms with Gasteiger partial charge in [0.15, 0.2) is 0 Å². The van der Waals surface area contributed by atoms with E-state index in [1.807, 2.05) is 6.07 Å². The summed E-state index contributed by atoms with van der Waals surface area (Å²) in [6.45, 7) is 0.340. The van der Waals surface area contributed by atoms with E-state index in [0.717, 1.165) is 5.56 Å². The lowest BCUT2D eigenvalue weighted by atomic mass is 10.1. The van der Waals surface area contributed by atoms with Crippen LogP contribution in [-0.2, 0) is 11.3 Å². The highest BCUT2D eigenvalue weighted by Crippen LogP contribution is 2.23. The van der Waals surface area contributed by atoms with Crippen molar-refractivity contribution in [3.8, 4) is 11.8 Å². The zero-order chi connectivity index (χ0) is 18.9. The van der Waals surface area contributed by atoms with Crippen molar-refractivity contribution in [2.24, 2.45) is 0 Å². The lowest BCUT2D eigenvalue weighted by molar-refractivity contribution is -0.112. The van der Waals surface area contributed by atoms with Crippen molar-refractivity contribution in [3.63, 3.8) is 0 Å². The molecule has 0 bridgehead atoms. The van der Waals surface area contributed by atoms with Crippen LogP contribution in [0.5, 0.6) is 5.75 Å². The van der Waals surface area contributed by atoms with E-state index in [4.69, 9.17) is 9.84 Å². The van der Waals surface area contributed by atoms with Gasteiger partial charge in [0.25, 0.3) is 5.91 Å². The molecular weight excluding hydrogens is 334 g/mol. The Morgan fingerprint density at radius 3 is 2.50 bits per heavy atom. The van der Waals surface area contributed by atoms with E-state index in [-0.39, 0.29) is 11.1 Å². The van der Waals surface area contributed by atoms with Crippen molar-refractivity contribution in [2.75, 3.05) is 12.4 Å². The van der Waals surface area contributed by atoms with Crippen LogP contribution in [0.15, 0.2) is 60.3 Å². The summed E-state index contributed by atoms with van der Waals surface area (Å²) in [5.41, 5.74) is 1.37. The monoisotopic (exact) mass is 351 g/mol. The van der Waals surface area contributed by atoms with E-state index in [0.29, 0.717) is 18.0 Å². The summed E-state index contributed by atoms with van der Waals surface area (Å²) < 4.78 is 5.15. The lowest BCUT2D eigenvalue weighted by Crippen LogP contribution is -2.17. The van der Waals surface area contributed by atoms with Crippen LogP contribution in [0.25, 0.3) is 0 Å². The first-order chi connectivity index (χ1) is 12.5. The average Bonchev–Trinajstić information content (AvgIpc) is 2.66. The van der Waals surface area contributed by atoms with Crippen molar-refractivity contribution in [1.82, 2.24) is 5.32 Å². The second-order valence-electron chi connectivity index (χ2n) is 5.21. The molecule has 0 aromatic heterocycles. The number of carboxylic acids is 1. The molecule has 0 saturated carbocycles. The third-order valence-corrected chi connectivity index (χ3v) is 3.47. The Morgan fingerprint density at radius 2 is 1.88 bits per heavy atom. The Hall–Kier alpha value is -3.79. The second kappa shape index (κ2) is 8.89. The van der Waals surface area contributed by atoms with Gasteiger partial charge >= 0.3 is 5.97 Å². The number of aromatic carboxylic acids is 1. The van der Waals surface area contributed by atoms with E-state index in [9.17, 15) is 14.9 Å². The summed E-state index contributed by atoms with van der Waals surface area (Å²) in [5, 5.41) is 23.5. The Labute approximate surface area is 150 Å². The van der Waals surface area contributed by atoms with E-state index in [2.05, 4.69) is 10.6 Å². The van der Waals surface area contributed by atoms with Crippen molar-refractivity contribution >= 4 is 17.6 Å². The third kappa shape index (κ3) is 4.85. The molecule has 7 heteroatoms. The zero-order valence-electron chi connectivity index (χ0n) is 14.0. The van der Waals surface area contributed by atoms with Crippen LogP contribution in [-0.4, -0.2) is 24.1 Å². The molecule has 1 amide bonds. The minimum Gasteiger partial charge on any atom is -0.495 e. The van der Waals surface area contributed by atoms with Gasteiger partial charge in [-0.05, 0) is 29.8 Å². The Morgan fingerprint density at radius 1 is 1.19 bits per heavy atom. The minimum absolute atomic E-state index is 0.0990. The number of ether oxygens (including phenoxy) is 1. The minimum atomic E-state index is -0.996. The van der Waals surface area contributed by atoms with Crippen LogP contribution in [0.1, 0.15) is 15.9 Å². The number of hydrogen-bond donors (Lipinski definition) is 3. The first-order valence-corrected chi connectivity index (χ1v) is 7.65. The molecule has 0 saturated heterocycles. The quantitative estimate of drug-likeness (QED) is 0.522. The molecule has 0 aliphatic carbocycles.